The molecule has 19 heavy (non-hydrogen) atoms. The van der Waals surface area contributed by atoms with Crippen LogP contribution in [0.4, 0.5) is 5.69 Å². The number of ether oxygens (including phenoxy) is 1. The van der Waals surface area contributed by atoms with Crippen LogP contribution in [-0.4, -0.2) is 22.0 Å². The van der Waals surface area contributed by atoms with Crippen LogP contribution in [0.25, 0.3) is 0 Å². The monoisotopic (exact) mass is 267 g/mol. The van der Waals surface area contributed by atoms with Crippen molar-refractivity contribution in [3.05, 3.63) is 34.4 Å². The Hall–Kier alpha value is -2.44. The van der Waals surface area contributed by atoms with Crippen molar-refractivity contribution in [1.29, 1.82) is 0 Å². The predicted octanol–water partition coefficient (Wildman–Crippen LogP) is 2.15. The van der Waals surface area contributed by atoms with Gasteiger partial charge in [-0.05, 0) is 18.9 Å². The van der Waals surface area contributed by atoms with Crippen LogP contribution < -0.4 is 4.74 Å². The Kier molecular flexibility index (Phi) is 5.46. The van der Waals surface area contributed by atoms with Gasteiger partial charge in [0, 0.05) is 18.9 Å². The van der Waals surface area contributed by atoms with Gasteiger partial charge in [-0.2, -0.15) is 0 Å². The predicted molar refractivity (Wildman–Crippen MR) is 64.8 cm³/mol. The van der Waals surface area contributed by atoms with Crippen molar-refractivity contribution < 1.29 is 24.4 Å². The van der Waals surface area contributed by atoms with Gasteiger partial charge >= 0.3 is 17.6 Å². The first kappa shape index (κ1) is 14.6. The molecular weight excluding hydrogens is 254 g/mol. The van der Waals surface area contributed by atoms with Gasteiger partial charge in [0.1, 0.15) is 0 Å². The molecule has 0 saturated carbocycles. The van der Waals surface area contributed by atoms with E-state index in [1.807, 2.05) is 0 Å². The smallest absolute Gasteiger partial charge is 0.311 e. The minimum atomic E-state index is -0.924. The number of esters is 1. The lowest BCUT2D eigenvalue weighted by molar-refractivity contribution is -0.385. The van der Waals surface area contributed by atoms with Crippen molar-refractivity contribution in [2.24, 2.45) is 0 Å². The van der Waals surface area contributed by atoms with E-state index in [4.69, 9.17) is 9.84 Å². The van der Waals surface area contributed by atoms with Gasteiger partial charge in [-0.3, -0.25) is 19.7 Å². The summed E-state index contributed by atoms with van der Waals surface area (Å²) >= 11 is 0. The summed E-state index contributed by atoms with van der Waals surface area (Å²) in [6.07, 6.45) is 0.741. The number of hydrogen-bond acceptors (Lipinski definition) is 5. The van der Waals surface area contributed by atoms with E-state index in [2.05, 4.69) is 0 Å². The molecule has 0 heterocycles. The summed E-state index contributed by atoms with van der Waals surface area (Å²) < 4.78 is 4.89. The fourth-order valence-corrected chi connectivity index (χ4v) is 1.41. The van der Waals surface area contributed by atoms with Crippen molar-refractivity contribution in [1.82, 2.24) is 0 Å². The number of hydrogen-bond donors (Lipinski definition) is 1. The molecule has 1 aromatic rings. The second kappa shape index (κ2) is 7.10. The number of benzene rings is 1. The number of nitro groups is 1. The number of nitrogens with zero attached hydrogens (tertiary/aromatic N) is 1. The molecular formula is C12H13NO6. The topological polar surface area (TPSA) is 107 Å². The summed E-state index contributed by atoms with van der Waals surface area (Å²) in [4.78, 5) is 31.8. The van der Waals surface area contributed by atoms with Gasteiger partial charge in [-0.15, -0.1) is 0 Å². The van der Waals surface area contributed by atoms with Crippen molar-refractivity contribution in [3.8, 4) is 5.75 Å². The highest BCUT2D eigenvalue weighted by Gasteiger charge is 2.16. The fourth-order valence-electron chi connectivity index (χ4n) is 1.41. The Morgan fingerprint density at radius 1 is 1.21 bits per heavy atom. The van der Waals surface area contributed by atoms with Crippen LogP contribution in [0.15, 0.2) is 24.3 Å². The summed E-state index contributed by atoms with van der Waals surface area (Å²) in [5.41, 5.74) is -0.276. The van der Waals surface area contributed by atoms with Crippen LogP contribution in [0, 0.1) is 10.1 Å². The van der Waals surface area contributed by atoms with Crippen molar-refractivity contribution >= 4 is 17.6 Å². The van der Waals surface area contributed by atoms with Crippen LogP contribution in [0.1, 0.15) is 25.7 Å². The molecule has 0 aromatic heterocycles. The minimum Gasteiger partial charge on any atom is -0.481 e. The van der Waals surface area contributed by atoms with Crippen molar-refractivity contribution in [2.45, 2.75) is 25.7 Å². The number of aliphatic carboxylic acids is 1. The molecule has 0 amide bonds. The number of unbranched alkanes of at least 4 members (excludes halogenated alkanes) is 1. The van der Waals surface area contributed by atoms with E-state index >= 15 is 0 Å². The standard InChI is InChI=1S/C12H13NO6/c14-11(15)7-3-4-8-12(16)19-10-6-2-1-5-9(10)13(17)18/h1-2,5-6H,3-4,7-8H2,(H,14,15). The second-order valence-corrected chi connectivity index (χ2v) is 3.80. The normalized spacial score (nSPS) is 9.89. The van der Waals surface area contributed by atoms with Crippen molar-refractivity contribution in [3.63, 3.8) is 0 Å². The van der Waals surface area contributed by atoms with Gasteiger partial charge in [0.2, 0.25) is 5.75 Å². The molecule has 102 valence electrons. The van der Waals surface area contributed by atoms with E-state index < -0.39 is 16.9 Å². The molecule has 7 nitrogen and oxygen atoms in total. The summed E-state index contributed by atoms with van der Waals surface area (Å²) in [5, 5.41) is 19.1. The lowest BCUT2D eigenvalue weighted by Crippen LogP contribution is -2.09. The van der Waals surface area contributed by atoms with E-state index in [0.29, 0.717) is 12.8 Å². The molecule has 1 rings (SSSR count). The number of nitro benzene ring substituents is 1. The maximum absolute atomic E-state index is 11.4. The van der Waals surface area contributed by atoms with Gasteiger partial charge in [-0.1, -0.05) is 12.1 Å². The van der Waals surface area contributed by atoms with E-state index in [9.17, 15) is 19.7 Å². The van der Waals surface area contributed by atoms with Crippen LogP contribution >= 0.6 is 0 Å². The molecule has 0 fully saturated rings. The summed E-state index contributed by atoms with van der Waals surface area (Å²) in [6.45, 7) is 0. The van der Waals surface area contributed by atoms with Crippen LogP contribution in [0.3, 0.4) is 0 Å². The van der Waals surface area contributed by atoms with E-state index in [0.717, 1.165) is 0 Å². The third kappa shape index (κ3) is 5.15. The Morgan fingerprint density at radius 2 is 1.84 bits per heavy atom. The average molecular weight is 267 g/mol. The Labute approximate surface area is 109 Å². The summed E-state index contributed by atoms with van der Waals surface area (Å²) in [6, 6.07) is 5.59. The second-order valence-electron chi connectivity index (χ2n) is 3.80. The number of carbonyl (C=O) groups excluding carboxylic acids is 1. The molecule has 0 aliphatic rings. The minimum absolute atomic E-state index is 0.0151. The quantitative estimate of drug-likeness (QED) is 0.266. The van der Waals surface area contributed by atoms with E-state index in [-0.39, 0.29) is 24.3 Å². The van der Waals surface area contributed by atoms with Crippen LogP contribution in [0.2, 0.25) is 0 Å². The highest BCUT2D eigenvalue weighted by atomic mass is 16.6. The number of rotatable bonds is 7. The summed E-state index contributed by atoms with van der Waals surface area (Å²) in [5.74, 6) is -1.64. The molecule has 0 bridgehead atoms. The lowest BCUT2D eigenvalue weighted by Gasteiger charge is -2.04. The molecule has 0 saturated heterocycles. The Bertz CT molecular complexity index is 485. The highest BCUT2D eigenvalue weighted by Crippen LogP contribution is 2.26. The van der Waals surface area contributed by atoms with Crippen LogP contribution in [0.5, 0.6) is 5.75 Å². The molecule has 1 aromatic carbocycles. The summed E-state index contributed by atoms with van der Waals surface area (Å²) in [7, 11) is 0. The SMILES string of the molecule is O=C(O)CCCCC(=O)Oc1ccccc1[N+](=O)[O-]. The first-order valence-corrected chi connectivity index (χ1v) is 5.66. The molecule has 0 unspecified atom stereocenters. The van der Waals surface area contributed by atoms with Crippen molar-refractivity contribution in [2.75, 3.05) is 0 Å². The van der Waals surface area contributed by atoms with E-state index in [1.54, 1.807) is 0 Å². The van der Waals surface area contributed by atoms with Crippen LogP contribution in [-0.2, 0) is 9.59 Å². The van der Waals surface area contributed by atoms with E-state index in [1.165, 1.54) is 24.3 Å². The number of carboxylic acid groups (broad SMARTS) is 1. The zero-order chi connectivity index (χ0) is 14.3. The zero-order valence-electron chi connectivity index (χ0n) is 10.1. The van der Waals surface area contributed by atoms with Gasteiger partial charge in [0.25, 0.3) is 0 Å². The first-order valence-electron chi connectivity index (χ1n) is 5.66. The molecule has 7 heteroatoms. The molecule has 0 aliphatic carbocycles. The fraction of sp³-hybridized carbons (Fsp3) is 0.333. The number of carbonyl (C=O) groups is 2. The highest BCUT2D eigenvalue weighted by molar-refractivity contribution is 5.73. The average Bonchev–Trinajstić information content (AvgIpc) is 2.35. The van der Waals surface area contributed by atoms with Gasteiger partial charge in [0.15, 0.2) is 0 Å². The number of carboxylic acids is 1. The Balaban J connectivity index is 2.48. The third-order valence-corrected chi connectivity index (χ3v) is 2.31. The van der Waals surface area contributed by atoms with Gasteiger partial charge < -0.3 is 9.84 Å². The Morgan fingerprint density at radius 3 is 2.47 bits per heavy atom. The molecule has 0 radical (unpaired) electrons. The van der Waals surface area contributed by atoms with Gasteiger partial charge in [0.05, 0.1) is 4.92 Å². The molecule has 1 N–H and O–H groups in total. The third-order valence-electron chi connectivity index (χ3n) is 2.31. The maximum Gasteiger partial charge on any atom is 0.311 e. The zero-order valence-corrected chi connectivity index (χ0v) is 10.1. The molecule has 0 aliphatic heterocycles. The maximum atomic E-state index is 11.4. The number of para-hydroxylation sites is 2. The first-order chi connectivity index (χ1) is 9.00. The lowest BCUT2D eigenvalue weighted by atomic mass is 10.2. The molecule has 0 spiro atoms. The molecule has 0 atom stereocenters. The van der Waals surface area contributed by atoms with Gasteiger partial charge in [-0.25, -0.2) is 0 Å². The largest absolute Gasteiger partial charge is 0.481 e.